The summed E-state index contributed by atoms with van der Waals surface area (Å²) in [6.07, 6.45) is 15.1. The summed E-state index contributed by atoms with van der Waals surface area (Å²) in [7, 11) is 0. The molecule has 0 spiro atoms. The topological polar surface area (TPSA) is 67.3 Å². The highest BCUT2D eigenvalue weighted by Crippen LogP contribution is 2.22. The quantitative estimate of drug-likeness (QED) is 0.377. The van der Waals surface area contributed by atoms with Crippen molar-refractivity contribution in [2.75, 3.05) is 0 Å². The minimum absolute atomic E-state index is 0.481. The van der Waals surface area contributed by atoms with Crippen molar-refractivity contribution in [2.45, 2.75) is 26.1 Å². The first-order chi connectivity index (χ1) is 17.6. The third-order valence-corrected chi connectivity index (χ3v) is 5.74. The number of aliphatic hydroxyl groups excluding tert-OH is 1. The van der Waals surface area contributed by atoms with Crippen molar-refractivity contribution in [1.29, 1.82) is 0 Å². The molecular weight excluding hydrogens is 448 g/mol. The van der Waals surface area contributed by atoms with Crippen molar-refractivity contribution in [3.05, 3.63) is 132 Å². The molecule has 0 saturated carbocycles. The minimum Gasteiger partial charge on any atom is -0.385 e. The van der Waals surface area contributed by atoms with E-state index in [1.807, 2.05) is 65.4 Å². The van der Waals surface area contributed by atoms with Crippen molar-refractivity contribution in [3.8, 4) is 23.2 Å². The van der Waals surface area contributed by atoms with E-state index in [4.69, 9.17) is 4.52 Å². The first kappa shape index (κ1) is 23.2. The molecule has 5 rings (SSSR count). The fraction of sp³-hybridized carbons (Fsp3) is 0.133. The fourth-order valence-corrected chi connectivity index (χ4v) is 3.89. The van der Waals surface area contributed by atoms with Gasteiger partial charge in [-0.1, -0.05) is 41.3 Å². The maximum atomic E-state index is 9.83. The Bertz CT molecular complexity index is 1440. The van der Waals surface area contributed by atoms with E-state index in [1.54, 1.807) is 13.1 Å². The average molecular weight is 475 g/mol. The molecule has 1 aliphatic heterocycles. The van der Waals surface area contributed by atoms with Crippen molar-refractivity contribution < 1.29 is 9.63 Å². The number of rotatable bonds is 6. The molecule has 0 fully saturated rings. The Labute approximate surface area is 210 Å². The van der Waals surface area contributed by atoms with Crippen LogP contribution in [0.3, 0.4) is 0 Å². The Morgan fingerprint density at radius 2 is 1.56 bits per heavy atom. The Balaban J connectivity index is 1.21. The molecule has 1 N–H and O–H groups in total. The Kier molecular flexibility index (Phi) is 6.93. The Morgan fingerprint density at radius 3 is 2.22 bits per heavy atom. The summed E-state index contributed by atoms with van der Waals surface area (Å²) in [6.45, 7) is 2.99. The van der Waals surface area contributed by atoms with Crippen LogP contribution in [0.25, 0.3) is 11.3 Å². The predicted octanol–water partition coefficient (Wildman–Crippen LogP) is 5.44. The van der Waals surface area contributed by atoms with Gasteiger partial charge in [-0.15, -0.1) is 0 Å². The number of hydrogen-bond donors (Lipinski definition) is 1. The van der Waals surface area contributed by atoms with Gasteiger partial charge in [0.1, 0.15) is 17.6 Å². The van der Waals surface area contributed by atoms with Crippen LogP contribution in [0.1, 0.15) is 41.2 Å². The number of benzene rings is 2. The van der Waals surface area contributed by atoms with Crippen LogP contribution in [0.5, 0.6) is 0 Å². The summed E-state index contributed by atoms with van der Waals surface area (Å²) in [4.78, 5) is 6.33. The van der Waals surface area contributed by atoms with Gasteiger partial charge in [0.2, 0.25) is 0 Å². The molecule has 1 unspecified atom stereocenters. The molecule has 36 heavy (non-hydrogen) atoms. The van der Waals surface area contributed by atoms with Crippen LogP contribution in [0.2, 0.25) is 0 Å². The van der Waals surface area contributed by atoms with Crippen LogP contribution >= 0.6 is 0 Å². The summed E-state index contributed by atoms with van der Waals surface area (Å²) in [5.74, 6) is 7.75. The molecule has 6 nitrogen and oxygen atoms in total. The van der Waals surface area contributed by atoms with Gasteiger partial charge in [-0.3, -0.25) is 0 Å². The fourth-order valence-electron chi connectivity index (χ4n) is 3.89. The lowest BCUT2D eigenvalue weighted by Gasteiger charge is -2.14. The Morgan fingerprint density at radius 1 is 0.889 bits per heavy atom. The minimum atomic E-state index is -0.644. The Hall–Kier alpha value is -4.60. The highest BCUT2D eigenvalue weighted by atomic mass is 16.5. The molecule has 3 heterocycles. The van der Waals surface area contributed by atoms with Crippen molar-refractivity contribution >= 4 is 0 Å². The monoisotopic (exact) mass is 474 g/mol. The zero-order valence-electron chi connectivity index (χ0n) is 20.0. The van der Waals surface area contributed by atoms with Crippen LogP contribution in [0, 0.1) is 11.8 Å². The van der Waals surface area contributed by atoms with E-state index >= 15 is 0 Å². The number of hydrogen-bond acceptors (Lipinski definition) is 5. The van der Waals surface area contributed by atoms with Crippen molar-refractivity contribution in [2.24, 2.45) is 0 Å². The van der Waals surface area contributed by atoms with E-state index in [9.17, 15) is 5.11 Å². The second-order valence-electron chi connectivity index (χ2n) is 8.54. The lowest BCUT2D eigenvalue weighted by Crippen LogP contribution is -2.08. The van der Waals surface area contributed by atoms with Crippen LogP contribution < -0.4 is 0 Å². The van der Waals surface area contributed by atoms with Crippen LogP contribution in [-0.4, -0.2) is 24.7 Å². The molecule has 1 atom stereocenters. The second-order valence-corrected chi connectivity index (χ2v) is 8.54. The molecule has 1 aliphatic rings. The number of nitrogens with zero attached hydrogens (tertiary/aromatic N) is 4. The van der Waals surface area contributed by atoms with E-state index in [0.29, 0.717) is 18.1 Å². The molecule has 178 valence electrons. The molecule has 0 radical (unpaired) electrons. The van der Waals surface area contributed by atoms with E-state index in [2.05, 4.69) is 63.5 Å². The largest absolute Gasteiger partial charge is 0.385 e. The van der Waals surface area contributed by atoms with Gasteiger partial charge in [-0.25, -0.2) is 4.98 Å². The molecular formula is C30H26N4O2. The summed E-state index contributed by atoms with van der Waals surface area (Å²) in [5, 5.41) is 14.0. The normalized spacial score (nSPS) is 13.3. The molecule has 2 aromatic heterocycles. The average Bonchev–Trinajstić information content (AvgIpc) is 3.49. The van der Waals surface area contributed by atoms with Crippen LogP contribution in [-0.2, 0) is 13.1 Å². The van der Waals surface area contributed by atoms with Gasteiger partial charge in [-0.05, 0) is 61.0 Å². The standard InChI is InChI=1S/C30H26N4O2/c1-23(35)30-31-16-19-34(30)22-28-20-29(36-32-28)27-14-12-25(13-15-27)7-6-24-8-10-26(11-9-24)21-33-17-4-2-3-5-18-33/h2-5,8-20,23,35H,21-22H2,1H3. The molecule has 0 saturated heterocycles. The van der Waals surface area contributed by atoms with Crippen molar-refractivity contribution in [3.63, 3.8) is 0 Å². The van der Waals surface area contributed by atoms with Gasteiger partial charge in [0.25, 0.3) is 0 Å². The first-order valence-electron chi connectivity index (χ1n) is 11.8. The number of allylic oxidation sites excluding steroid dienone is 4. The SMILES string of the molecule is CC(O)c1nccn1Cc1cc(-c2ccc(C#Cc3ccc(CN4C=CC=CC=C4)cc3)cc2)on1. The highest BCUT2D eigenvalue weighted by molar-refractivity contribution is 5.59. The van der Waals surface area contributed by atoms with E-state index in [-0.39, 0.29) is 0 Å². The van der Waals surface area contributed by atoms with Crippen LogP contribution in [0.4, 0.5) is 0 Å². The molecule has 6 heteroatoms. The van der Waals surface area contributed by atoms with Gasteiger partial charge >= 0.3 is 0 Å². The number of aliphatic hydroxyl groups is 1. The molecule has 0 bridgehead atoms. The third-order valence-electron chi connectivity index (χ3n) is 5.74. The summed E-state index contributed by atoms with van der Waals surface area (Å²) < 4.78 is 7.40. The van der Waals surface area contributed by atoms with Gasteiger partial charge < -0.3 is 19.1 Å². The number of imidazole rings is 1. The van der Waals surface area contributed by atoms with Gasteiger partial charge in [0.15, 0.2) is 5.76 Å². The third kappa shape index (κ3) is 5.72. The highest BCUT2D eigenvalue weighted by Gasteiger charge is 2.12. The van der Waals surface area contributed by atoms with E-state index in [1.165, 1.54) is 5.56 Å². The predicted molar refractivity (Wildman–Crippen MR) is 139 cm³/mol. The van der Waals surface area contributed by atoms with Gasteiger partial charge in [0.05, 0.1) is 6.54 Å². The lowest BCUT2D eigenvalue weighted by atomic mass is 10.1. The maximum Gasteiger partial charge on any atom is 0.167 e. The number of aromatic nitrogens is 3. The van der Waals surface area contributed by atoms with E-state index in [0.717, 1.165) is 28.9 Å². The van der Waals surface area contributed by atoms with Crippen LogP contribution in [0.15, 0.2) is 108 Å². The zero-order chi connectivity index (χ0) is 24.7. The lowest BCUT2D eigenvalue weighted by molar-refractivity contribution is 0.184. The van der Waals surface area contributed by atoms with E-state index < -0.39 is 6.10 Å². The van der Waals surface area contributed by atoms with Gasteiger partial charge in [0, 0.05) is 54.1 Å². The first-order valence-corrected chi connectivity index (χ1v) is 11.8. The smallest absolute Gasteiger partial charge is 0.167 e. The van der Waals surface area contributed by atoms with Crippen molar-refractivity contribution in [1.82, 2.24) is 19.6 Å². The summed E-state index contributed by atoms with van der Waals surface area (Å²) in [5.41, 5.74) is 4.81. The molecule has 0 aliphatic carbocycles. The van der Waals surface area contributed by atoms with Gasteiger partial charge in [-0.2, -0.15) is 0 Å². The maximum absolute atomic E-state index is 9.83. The summed E-state index contributed by atoms with van der Waals surface area (Å²) >= 11 is 0. The zero-order valence-corrected chi connectivity index (χ0v) is 20.0. The second kappa shape index (κ2) is 10.8. The molecule has 4 aromatic rings. The molecule has 0 amide bonds. The molecule has 2 aromatic carbocycles. The summed E-state index contributed by atoms with van der Waals surface area (Å²) in [6, 6.07) is 18.2.